The van der Waals surface area contributed by atoms with Gasteiger partial charge in [0.05, 0.1) is 22.4 Å². The molecule has 3 N–H and O–H groups in total. The van der Waals surface area contributed by atoms with Crippen molar-refractivity contribution in [3.8, 4) is 0 Å². The lowest BCUT2D eigenvalue weighted by atomic mass is 9.97. The number of hydrogen-bond donors (Lipinski definition) is 2. The highest BCUT2D eigenvalue weighted by Crippen LogP contribution is 2.38. The van der Waals surface area contributed by atoms with Crippen LogP contribution in [-0.4, -0.2) is 33.5 Å². The standard InChI is InChI=1S/C25H29F3N6O2/c1-13-17(5-4-6-19(13)25(26,27)28)14(2)30-22-18-12-34(16-7-8-16)24(36)21(33-10-9-15(29)11-33)20(18)23(35)32(3)31-22/h4-6,12,14-16H,7-11,29H2,1-3H3,(H,30,31)/t14?,15-/m0/s1. The first-order chi connectivity index (χ1) is 17.0. The number of aromatic nitrogens is 3. The molecule has 2 atom stereocenters. The van der Waals surface area contributed by atoms with Gasteiger partial charge in [-0.25, -0.2) is 4.68 Å². The molecule has 1 aromatic carbocycles. The fraction of sp³-hybridized carbons (Fsp3) is 0.480. The molecular formula is C25H29F3N6O2. The van der Waals surface area contributed by atoms with Gasteiger partial charge in [0.25, 0.3) is 11.1 Å². The predicted molar refractivity (Wildman–Crippen MR) is 133 cm³/mol. The first-order valence-electron chi connectivity index (χ1n) is 12.1. The van der Waals surface area contributed by atoms with E-state index >= 15 is 0 Å². The zero-order valence-electron chi connectivity index (χ0n) is 20.4. The Morgan fingerprint density at radius 1 is 1.17 bits per heavy atom. The van der Waals surface area contributed by atoms with Crippen molar-refractivity contribution in [3.05, 3.63) is 61.8 Å². The SMILES string of the molecule is Cc1c(C(C)Nc2nn(C)c(=O)c3c(N4CC[C@H](N)C4)c(=O)n(C4CC4)cc23)cccc1C(F)(F)F. The summed E-state index contributed by atoms with van der Waals surface area (Å²) in [5, 5.41) is 8.36. The highest BCUT2D eigenvalue weighted by molar-refractivity contribution is 5.99. The number of rotatable bonds is 5. The van der Waals surface area contributed by atoms with Gasteiger partial charge in [-0.2, -0.15) is 18.3 Å². The Morgan fingerprint density at radius 2 is 1.89 bits per heavy atom. The second-order valence-corrected chi connectivity index (χ2v) is 9.87. The third-order valence-corrected chi connectivity index (χ3v) is 7.21. The quantitative estimate of drug-likeness (QED) is 0.555. The Balaban J connectivity index is 1.67. The summed E-state index contributed by atoms with van der Waals surface area (Å²) in [5.41, 5.74) is 5.70. The van der Waals surface area contributed by atoms with Crippen LogP contribution in [-0.2, 0) is 13.2 Å². The first-order valence-corrected chi connectivity index (χ1v) is 12.1. The zero-order chi connectivity index (χ0) is 25.9. The summed E-state index contributed by atoms with van der Waals surface area (Å²) >= 11 is 0. The summed E-state index contributed by atoms with van der Waals surface area (Å²) in [7, 11) is 1.50. The molecule has 0 radical (unpaired) electrons. The van der Waals surface area contributed by atoms with Gasteiger partial charge in [0, 0.05) is 38.4 Å². The second-order valence-electron chi connectivity index (χ2n) is 9.87. The predicted octanol–water partition coefficient (Wildman–Crippen LogP) is 3.47. The van der Waals surface area contributed by atoms with Gasteiger partial charge in [-0.15, -0.1) is 0 Å². The van der Waals surface area contributed by atoms with E-state index in [0.717, 1.165) is 23.6 Å². The van der Waals surface area contributed by atoms with Gasteiger partial charge in [0.1, 0.15) is 5.69 Å². The number of aryl methyl sites for hydroxylation is 1. The Hall–Kier alpha value is -3.34. The molecule has 0 bridgehead atoms. The van der Waals surface area contributed by atoms with Crippen LogP contribution in [0.5, 0.6) is 0 Å². The van der Waals surface area contributed by atoms with Gasteiger partial charge in [-0.3, -0.25) is 9.59 Å². The van der Waals surface area contributed by atoms with Crippen LogP contribution in [0.3, 0.4) is 0 Å². The molecule has 1 saturated carbocycles. The van der Waals surface area contributed by atoms with E-state index in [0.29, 0.717) is 42.0 Å². The van der Waals surface area contributed by atoms with Crippen LogP contribution in [0.25, 0.3) is 10.8 Å². The normalized spacial score (nSPS) is 19.2. The molecule has 3 aromatic rings. The molecule has 1 aliphatic heterocycles. The zero-order valence-corrected chi connectivity index (χ0v) is 20.4. The van der Waals surface area contributed by atoms with E-state index in [9.17, 15) is 22.8 Å². The van der Waals surface area contributed by atoms with Gasteiger partial charge >= 0.3 is 6.18 Å². The number of hydrogen-bond acceptors (Lipinski definition) is 6. The molecule has 8 nitrogen and oxygen atoms in total. The number of benzene rings is 1. The molecule has 2 fully saturated rings. The average Bonchev–Trinajstić information content (AvgIpc) is 3.56. The number of anilines is 2. The van der Waals surface area contributed by atoms with Crippen LogP contribution in [0.2, 0.25) is 0 Å². The lowest BCUT2D eigenvalue weighted by Gasteiger charge is -2.24. The van der Waals surface area contributed by atoms with Crippen molar-refractivity contribution in [1.82, 2.24) is 14.3 Å². The monoisotopic (exact) mass is 502 g/mol. The van der Waals surface area contributed by atoms with Crippen molar-refractivity contribution < 1.29 is 13.2 Å². The molecule has 1 saturated heterocycles. The first kappa shape index (κ1) is 24.4. The van der Waals surface area contributed by atoms with Crippen LogP contribution in [0, 0.1) is 6.92 Å². The second kappa shape index (κ2) is 8.65. The molecule has 0 amide bonds. The number of fused-ring (bicyclic) bond motifs is 1. The van der Waals surface area contributed by atoms with E-state index in [1.54, 1.807) is 23.8 Å². The van der Waals surface area contributed by atoms with Gasteiger partial charge in [0.15, 0.2) is 5.82 Å². The summed E-state index contributed by atoms with van der Waals surface area (Å²) in [5.74, 6) is 0.329. The maximum Gasteiger partial charge on any atom is 0.416 e. The van der Waals surface area contributed by atoms with Crippen LogP contribution in [0.15, 0.2) is 34.0 Å². The number of nitrogens with one attached hydrogen (secondary N) is 1. The Morgan fingerprint density at radius 3 is 2.50 bits per heavy atom. The van der Waals surface area contributed by atoms with E-state index < -0.39 is 23.3 Å². The Labute approximate surface area is 205 Å². The minimum Gasteiger partial charge on any atom is -0.365 e. The van der Waals surface area contributed by atoms with Crippen molar-refractivity contribution in [1.29, 1.82) is 0 Å². The van der Waals surface area contributed by atoms with Crippen LogP contribution >= 0.6 is 0 Å². The van der Waals surface area contributed by atoms with E-state index in [4.69, 9.17) is 5.73 Å². The van der Waals surface area contributed by atoms with Crippen molar-refractivity contribution in [2.75, 3.05) is 23.3 Å². The third kappa shape index (κ3) is 4.15. The van der Waals surface area contributed by atoms with Crippen molar-refractivity contribution >= 4 is 22.3 Å². The van der Waals surface area contributed by atoms with Crippen LogP contribution < -0.4 is 27.1 Å². The van der Waals surface area contributed by atoms with E-state index in [1.165, 1.54) is 20.0 Å². The molecule has 192 valence electrons. The topological polar surface area (TPSA) is 98.2 Å². The molecule has 0 spiro atoms. The van der Waals surface area contributed by atoms with Gasteiger partial charge < -0.3 is 20.5 Å². The van der Waals surface area contributed by atoms with Gasteiger partial charge in [-0.05, 0) is 50.3 Å². The van der Waals surface area contributed by atoms with E-state index in [1.807, 2.05) is 4.90 Å². The molecular weight excluding hydrogens is 473 g/mol. The van der Waals surface area contributed by atoms with Crippen molar-refractivity contribution in [3.63, 3.8) is 0 Å². The highest BCUT2D eigenvalue weighted by Gasteiger charge is 2.34. The smallest absolute Gasteiger partial charge is 0.365 e. The molecule has 3 heterocycles. The Bertz CT molecular complexity index is 1460. The Kier molecular flexibility index (Phi) is 5.85. The van der Waals surface area contributed by atoms with E-state index in [-0.39, 0.29) is 28.6 Å². The van der Waals surface area contributed by atoms with Crippen LogP contribution in [0.1, 0.15) is 55.0 Å². The van der Waals surface area contributed by atoms with E-state index in [2.05, 4.69) is 10.4 Å². The number of nitrogens with two attached hydrogens (primary N) is 1. The number of halogens is 3. The molecule has 1 aliphatic carbocycles. The largest absolute Gasteiger partial charge is 0.416 e. The third-order valence-electron chi connectivity index (χ3n) is 7.21. The summed E-state index contributed by atoms with van der Waals surface area (Å²) < 4.78 is 43.3. The fourth-order valence-corrected chi connectivity index (χ4v) is 5.15. The van der Waals surface area contributed by atoms with Gasteiger partial charge in [0.2, 0.25) is 0 Å². The maximum atomic E-state index is 13.5. The average molecular weight is 503 g/mol. The van der Waals surface area contributed by atoms with Gasteiger partial charge in [-0.1, -0.05) is 12.1 Å². The van der Waals surface area contributed by atoms with Crippen molar-refractivity contribution in [2.45, 2.75) is 57.4 Å². The molecule has 36 heavy (non-hydrogen) atoms. The minimum absolute atomic E-state index is 0.0527. The maximum absolute atomic E-state index is 13.5. The number of pyridine rings is 1. The summed E-state index contributed by atoms with van der Waals surface area (Å²) in [4.78, 5) is 28.7. The lowest BCUT2D eigenvalue weighted by Crippen LogP contribution is -2.35. The molecule has 5 rings (SSSR count). The molecule has 1 unspecified atom stereocenters. The number of nitrogens with zero attached hydrogens (tertiary/aromatic N) is 4. The fourth-order valence-electron chi connectivity index (χ4n) is 5.15. The summed E-state index contributed by atoms with van der Waals surface area (Å²) in [6.45, 7) is 4.22. The highest BCUT2D eigenvalue weighted by atomic mass is 19.4. The summed E-state index contributed by atoms with van der Waals surface area (Å²) in [6, 6.07) is 3.49. The van der Waals surface area contributed by atoms with Crippen molar-refractivity contribution in [2.24, 2.45) is 12.8 Å². The molecule has 11 heteroatoms. The lowest BCUT2D eigenvalue weighted by molar-refractivity contribution is -0.138. The summed E-state index contributed by atoms with van der Waals surface area (Å²) in [6.07, 6.45) is -0.359. The minimum atomic E-state index is -4.47. The number of alkyl halides is 3. The molecule has 2 aromatic heterocycles. The van der Waals surface area contributed by atoms with Crippen LogP contribution in [0.4, 0.5) is 24.7 Å². The molecule has 2 aliphatic rings.